The number of hydrogen-bond acceptors (Lipinski definition) is 5. The first-order valence-corrected chi connectivity index (χ1v) is 5.88. The van der Waals surface area contributed by atoms with E-state index >= 15 is 0 Å². The van der Waals surface area contributed by atoms with Crippen molar-refractivity contribution in [1.82, 2.24) is 10.3 Å². The van der Waals surface area contributed by atoms with Crippen LogP contribution in [0.3, 0.4) is 0 Å². The lowest BCUT2D eigenvalue weighted by molar-refractivity contribution is -0.383. The Morgan fingerprint density at radius 2 is 1.86 bits per heavy atom. The van der Waals surface area contributed by atoms with E-state index in [-0.39, 0.29) is 34.3 Å². The van der Waals surface area contributed by atoms with Gasteiger partial charge in [-0.1, -0.05) is 0 Å². The van der Waals surface area contributed by atoms with Crippen LogP contribution in [0.2, 0.25) is 0 Å². The topological polar surface area (TPSA) is 82.1 Å². The minimum Gasteiger partial charge on any atom is -0.258 e. The van der Waals surface area contributed by atoms with Crippen molar-refractivity contribution in [3.63, 3.8) is 0 Å². The van der Waals surface area contributed by atoms with Crippen molar-refractivity contribution in [2.24, 2.45) is 0 Å². The van der Waals surface area contributed by atoms with Gasteiger partial charge in [0, 0.05) is 18.1 Å². The van der Waals surface area contributed by atoms with Crippen LogP contribution in [0, 0.1) is 21.7 Å². The fourth-order valence-corrected chi connectivity index (χ4v) is 2.16. The van der Waals surface area contributed by atoms with Gasteiger partial charge in [0.2, 0.25) is 5.52 Å². The summed E-state index contributed by atoms with van der Waals surface area (Å²) in [5.74, 6) is -1.48. The first kappa shape index (κ1) is 13.1. The maximum Gasteiger partial charge on any atom is 0.304 e. The molecule has 21 heavy (non-hydrogen) atoms. The largest absolute Gasteiger partial charge is 0.304 e. The third-order valence-corrected chi connectivity index (χ3v) is 2.98. The number of nitro benzene ring substituents is 1. The average Bonchev–Trinajstić information content (AvgIpc) is 2.84. The molecule has 0 aliphatic carbocycles. The molecule has 0 spiro atoms. The Kier molecular flexibility index (Phi) is 3.05. The van der Waals surface area contributed by atoms with Crippen molar-refractivity contribution in [1.29, 1.82) is 0 Å². The molecule has 106 valence electrons. The second-order valence-electron chi connectivity index (χ2n) is 4.42. The Hall–Kier alpha value is -2.90. The molecule has 0 saturated heterocycles. The van der Waals surface area contributed by atoms with Crippen molar-refractivity contribution in [3.05, 3.63) is 63.2 Å². The number of rotatable bonds is 3. The minimum absolute atomic E-state index is 0.00616. The quantitative estimate of drug-likeness (QED) is 0.547. The van der Waals surface area contributed by atoms with Crippen LogP contribution in [0.5, 0.6) is 0 Å². The molecule has 2 aromatic carbocycles. The van der Waals surface area contributed by atoms with Gasteiger partial charge in [0.1, 0.15) is 17.2 Å². The summed E-state index contributed by atoms with van der Waals surface area (Å²) >= 11 is 0. The fraction of sp³-hybridized carbons (Fsp3) is 0.0769. The standard InChI is InChI=1S/C13H7F2N3O3/c14-9-4-7(5-10(15)6-9)3-8-1-2-11-12(17-21-16-11)13(8)18(19)20/h1-2,4-6H,3H2. The van der Waals surface area contributed by atoms with Crippen LogP contribution in [-0.4, -0.2) is 15.2 Å². The molecule has 3 aromatic rings. The number of aromatic nitrogens is 2. The molecule has 3 rings (SSSR count). The van der Waals surface area contributed by atoms with Crippen molar-refractivity contribution in [2.75, 3.05) is 0 Å². The molecular weight excluding hydrogens is 284 g/mol. The zero-order valence-corrected chi connectivity index (χ0v) is 10.4. The molecule has 0 aliphatic heterocycles. The second-order valence-corrected chi connectivity index (χ2v) is 4.42. The molecule has 0 unspecified atom stereocenters. The summed E-state index contributed by atoms with van der Waals surface area (Å²) in [6, 6.07) is 5.95. The SMILES string of the molecule is O=[N+]([O-])c1c(Cc2cc(F)cc(F)c2)ccc2nonc12. The number of nitro groups is 1. The van der Waals surface area contributed by atoms with Gasteiger partial charge in [0.25, 0.3) is 0 Å². The molecule has 1 aromatic heterocycles. The van der Waals surface area contributed by atoms with Gasteiger partial charge in [-0.3, -0.25) is 10.1 Å². The number of nitrogens with zero attached hydrogens (tertiary/aromatic N) is 3. The van der Waals surface area contributed by atoms with Crippen LogP contribution in [0.1, 0.15) is 11.1 Å². The van der Waals surface area contributed by atoms with Crippen LogP contribution >= 0.6 is 0 Å². The van der Waals surface area contributed by atoms with Crippen LogP contribution in [0.15, 0.2) is 35.0 Å². The zero-order valence-electron chi connectivity index (χ0n) is 10.4. The Labute approximate surface area is 116 Å². The zero-order chi connectivity index (χ0) is 15.0. The molecule has 0 amide bonds. The third kappa shape index (κ3) is 2.42. The summed E-state index contributed by atoms with van der Waals surface area (Å²) < 4.78 is 30.8. The lowest BCUT2D eigenvalue weighted by Crippen LogP contribution is -1.99. The van der Waals surface area contributed by atoms with Crippen molar-refractivity contribution < 1.29 is 18.3 Å². The molecule has 1 heterocycles. The van der Waals surface area contributed by atoms with E-state index in [0.29, 0.717) is 0 Å². The Morgan fingerprint density at radius 3 is 2.52 bits per heavy atom. The van der Waals surface area contributed by atoms with E-state index in [1.165, 1.54) is 12.1 Å². The minimum atomic E-state index is -0.739. The average molecular weight is 291 g/mol. The first-order valence-electron chi connectivity index (χ1n) is 5.88. The highest BCUT2D eigenvalue weighted by atomic mass is 19.1. The first-order chi connectivity index (χ1) is 10.0. The highest BCUT2D eigenvalue weighted by molar-refractivity contribution is 5.85. The van der Waals surface area contributed by atoms with Gasteiger partial charge in [-0.25, -0.2) is 13.4 Å². The Bertz CT molecular complexity index is 828. The summed E-state index contributed by atoms with van der Waals surface area (Å²) in [4.78, 5) is 10.6. The molecule has 0 fully saturated rings. The van der Waals surface area contributed by atoms with Gasteiger partial charge in [0.05, 0.1) is 4.92 Å². The lowest BCUT2D eigenvalue weighted by Gasteiger charge is -2.04. The van der Waals surface area contributed by atoms with E-state index in [2.05, 4.69) is 14.9 Å². The van der Waals surface area contributed by atoms with Gasteiger partial charge in [-0.2, -0.15) is 0 Å². The molecule has 0 atom stereocenters. The maximum absolute atomic E-state index is 13.2. The highest BCUT2D eigenvalue weighted by Gasteiger charge is 2.22. The summed E-state index contributed by atoms with van der Waals surface area (Å²) in [6.07, 6.45) is -0.00616. The molecule has 8 heteroatoms. The molecule has 0 saturated carbocycles. The highest BCUT2D eigenvalue weighted by Crippen LogP contribution is 2.29. The van der Waals surface area contributed by atoms with Gasteiger partial charge in [0.15, 0.2) is 0 Å². The van der Waals surface area contributed by atoms with Gasteiger partial charge in [-0.15, -0.1) is 0 Å². The number of halogens is 2. The Balaban J connectivity index is 2.11. The number of benzene rings is 2. The monoisotopic (exact) mass is 291 g/mol. The van der Waals surface area contributed by atoms with E-state index in [4.69, 9.17) is 0 Å². The fourth-order valence-electron chi connectivity index (χ4n) is 2.16. The van der Waals surface area contributed by atoms with E-state index in [1.54, 1.807) is 0 Å². The van der Waals surface area contributed by atoms with E-state index < -0.39 is 16.6 Å². The van der Waals surface area contributed by atoms with E-state index in [1.807, 2.05) is 0 Å². The molecule has 0 aliphatic rings. The van der Waals surface area contributed by atoms with Gasteiger partial charge < -0.3 is 0 Å². The van der Waals surface area contributed by atoms with Gasteiger partial charge in [-0.05, 0) is 40.1 Å². The van der Waals surface area contributed by atoms with Gasteiger partial charge >= 0.3 is 5.69 Å². The van der Waals surface area contributed by atoms with E-state index in [0.717, 1.165) is 18.2 Å². The summed E-state index contributed by atoms with van der Waals surface area (Å²) in [6.45, 7) is 0. The van der Waals surface area contributed by atoms with Crippen LogP contribution in [0.4, 0.5) is 14.5 Å². The number of hydrogen-bond donors (Lipinski definition) is 0. The molecule has 0 radical (unpaired) electrons. The molecular formula is C13H7F2N3O3. The predicted molar refractivity (Wildman–Crippen MR) is 67.6 cm³/mol. The van der Waals surface area contributed by atoms with E-state index in [9.17, 15) is 18.9 Å². The smallest absolute Gasteiger partial charge is 0.258 e. The van der Waals surface area contributed by atoms with Crippen molar-refractivity contribution >= 4 is 16.7 Å². The number of fused-ring (bicyclic) bond motifs is 1. The molecule has 6 nitrogen and oxygen atoms in total. The predicted octanol–water partition coefficient (Wildman–Crippen LogP) is 3.00. The molecule has 0 N–H and O–H groups in total. The van der Waals surface area contributed by atoms with Crippen LogP contribution < -0.4 is 0 Å². The third-order valence-electron chi connectivity index (χ3n) is 2.98. The van der Waals surface area contributed by atoms with Crippen LogP contribution in [-0.2, 0) is 6.42 Å². The Morgan fingerprint density at radius 1 is 1.14 bits per heavy atom. The van der Waals surface area contributed by atoms with Crippen molar-refractivity contribution in [3.8, 4) is 0 Å². The maximum atomic E-state index is 13.2. The summed E-state index contributed by atoms with van der Waals surface area (Å²) in [7, 11) is 0. The van der Waals surface area contributed by atoms with Crippen LogP contribution in [0.25, 0.3) is 11.0 Å². The normalized spacial score (nSPS) is 11.0. The van der Waals surface area contributed by atoms with Crippen molar-refractivity contribution in [2.45, 2.75) is 6.42 Å². The summed E-state index contributed by atoms with van der Waals surface area (Å²) in [5.41, 5.74) is 0.531. The summed E-state index contributed by atoms with van der Waals surface area (Å²) in [5, 5.41) is 18.2. The second kappa shape index (κ2) is 4.89. The molecule has 0 bridgehead atoms. The lowest BCUT2D eigenvalue weighted by atomic mass is 10.0.